The predicted octanol–water partition coefficient (Wildman–Crippen LogP) is 6.21. The smallest absolute Gasteiger partial charge is 0.161 e. The van der Waals surface area contributed by atoms with Gasteiger partial charge in [0.25, 0.3) is 0 Å². The van der Waals surface area contributed by atoms with E-state index in [4.69, 9.17) is 9.47 Å². The molecule has 0 amide bonds. The summed E-state index contributed by atoms with van der Waals surface area (Å²) in [5.74, 6) is 2.16. The predicted molar refractivity (Wildman–Crippen MR) is 145 cm³/mol. The summed E-state index contributed by atoms with van der Waals surface area (Å²) in [7, 11) is 7.85. The normalized spacial score (nSPS) is 22.1. The third kappa shape index (κ3) is 4.81. The number of H-pyrrole nitrogens is 1. The van der Waals surface area contributed by atoms with Gasteiger partial charge in [0.2, 0.25) is 0 Å². The lowest BCUT2D eigenvalue weighted by atomic mass is 9.85. The van der Waals surface area contributed by atoms with Crippen LogP contribution in [-0.2, 0) is 0 Å². The molecule has 1 saturated carbocycles. The third-order valence-corrected chi connectivity index (χ3v) is 8.62. The van der Waals surface area contributed by atoms with Crippen LogP contribution in [0.3, 0.4) is 0 Å². The molecule has 35 heavy (non-hydrogen) atoms. The van der Waals surface area contributed by atoms with Gasteiger partial charge in [-0.05, 0) is 114 Å². The molecule has 0 spiro atoms. The monoisotopic (exact) mass is 475 g/mol. The van der Waals surface area contributed by atoms with Crippen LogP contribution in [0, 0.1) is 6.92 Å². The zero-order valence-electron chi connectivity index (χ0n) is 22.1. The van der Waals surface area contributed by atoms with Gasteiger partial charge in [0.05, 0.1) is 14.2 Å². The second-order valence-corrected chi connectivity index (χ2v) is 10.7. The van der Waals surface area contributed by atoms with E-state index in [1.807, 2.05) is 6.07 Å². The number of hydrogen-bond acceptors (Lipinski definition) is 4. The molecule has 2 unspecified atom stereocenters. The Morgan fingerprint density at radius 2 is 1.69 bits per heavy atom. The standard InChI is InChI=1S/C30H41N3O2/c1-20-26-17-22(21-13-15-33(16-14-21)25-8-6-7-24(19-25)32(2)3)9-11-27(26)31-30(20)23-10-12-28(34-4)29(18-23)35-5/h9-12,17-18,21,24-25,31H,6-8,13-16,19H2,1-5H3. The quantitative estimate of drug-likeness (QED) is 0.460. The average Bonchev–Trinajstić information content (AvgIpc) is 3.24. The van der Waals surface area contributed by atoms with E-state index in [9.17, 15) is 0 Å². The Morgan fingerprint density at radius 1 is 0.914 bits per heavy atom. The van der Waals surface area contributed by atoms with E-state index in [1.165, 1.54) is 73.6 Å². The van der Waals surface area contributed by atoms with Gasteiger partial charge in [-0.3, -0.25) is 0 Å². The van der Waals surface area contributed by atoms with Gasteiger partial charge in [-0.25, -0.2) is 0 Å². The van der Waals surface area contributed by atoms with E-state index < -0.39 is 0 Å². The molecule has 2 heterocycles. The fraction of sp³-hybridized carbons (Fsp3) is 0.533. The topological polar surface area (TPSA) is 40.7 Å². The Kier molecular flexibility index (Phi) is 7.08. The molecule has 1 N–H and O–H groups in total. The molecule has 5 nitrogen and oxygen atoms in total. The first-order valence-corrected chi connectivity index (χ1v) is 13.2. The molecular weight excluding hydrogens is 434 g/mol. The summed E-state index contributed by atoms with van der Waals surface area (Å²) < 4.78 is 11.0. The highest BCUT2D eigenvalue weighted by molar-refractivity contribution is 5.91. The molecule has 2 aliphatic rings. The van der Waals surface area contributed by atoms with Crippen LogP contribution >= 0.6 is 0 Å². The molecule has 188 valence electrons. The van der Waals surface area contributed by atoms with Gasteiger partial charge in [-0.15, -0.1) is 0 Å². The van der Waals surface area contributed by atoms with E-state index >= 15 is 0 Å². The van der Waals surface area contributed by atoms with Crippen molar-refractivity contribution in [1.29, 1.82) is 0 Å². The highest BCUT2D eigenvalue weighted by atomic mass is 16.5. The lowest BCUT2D eigenvalue weighted by molar-refractivity contribution is 0.0869. The minimum Gasteiger partial charge on any atom is -0.493 e. The molecule has 1 aliphatic heterocycles. The van der Waals surface area contributed by atoms with Crippen LogP contribution in [0.1, 0.15) is 55.6 Å². The number of nitrogens with zero attached hydrogens (tertiary/aromatic N) is 2. The SMILES string of the molecule is COc1ccc(-c2[nH]c3ccc(C4CCN(C5CCCC(N(C)C)C5)CC4)cc3c2C)cc1OC. The summed E-state index contributed by atoms with van der Waals surface area (Å²) in [6.07, 6.45) is 7.98. The first kappa shape index (κ1) is 24.2. The molecule has 1 saturated heterocycles. The third-order valence-electron chi connectivity index (χ3n) is 8.62. The van der Waals surface area contributed by atoms with E-state index in [0.717, 1.165) is 34.8 Å². The van der Waals surface area contributed by atoms with Crippen molar-refractivity contribution in [2.75, 3.05) is 41.4 Å². The van der Waals surface area contributed by atoms with Crippen molar-refractivity contribution in [1.82, 2.24) is 14.8 Å². The summed E-state index contributed by atoms with van der Waals surface area (Å²) in [4.78, 5) is 8.88. The molecule has 2 atom stereocenters. The Labute approximate surface area is 210 Å². The van der Waals surface area contributed by atoms with Gasteiger partial charge in [0.15, 0.2) is 11.5 Å². The molecule has 0 radical (unpaired) electrons. The Hall–Kier alpha value is -2.50. The number of aromatic amines is 1. The Bertz CT molecular complexity index is 1160. The number of rotatable bonds is 6. The fourth-order valence-electron chi connectivity index (χ4n) is 6.42. The molecule has 1 aliphatic carbocycles. The number of likely N-dealkylation sites (tertiary alicyclic amines) is 1. The number of piperidine rings is 1. The average molecular weight is 476 g/mol. The maximum absolute atomic E-state index is 5.54. The van der Waals surface area contributed by atoms with Gasteiger partial charge in [0, 0.05) is 34.2 Å². The molecule has 0 bridgehead atoms. The second kappa shape index (κ2) is 10.2. The number of aryl methyl sites for hydroxylation is 1. The number of nitrogens with one attached hydrogen (secondary N) is 1. The first-order chi connectivity index (χ1) is 17.0. The van der Waals surface area contributed by atoms with Gasteiger partial charge in [-0.1, -0.05) is 12.5 Å². The molecule has 2 aromatic carbocycles. The van der Waals surface area contributed by atoms with Crippen LogP contribution < -0.4 is 9.47 Å². The minimum atomic E-state index is 0.655. The maximum atomic E-state index is 5.54. The van der Waals surface area contributed by atoms with E-state index in [1.54, 1.807) is 14.2 Å². The number of hydrogen-bond donors (Lipinski definition) is 1. The van der Waals surface area contributed by atoms with Crippen LogP contribution in [0.2, 0.25) is 0 Å². The maximum Gasteiger partial charge on any atom is 0.161 e. The molecule has 5 heteroatoms. The summed E-state index contributed by atoms with van der Waals surface area (Å²) >= 11 is 0. The number of ether oxygens (including phenoxy) is 2. The van der Waals surface area contributed by atoms with Crippen LogP contribution in [0.25, 0.3) is 22.2 Å². The highest BCUT2D eigenvalue weighted by Crippen LogP contribution is 2.38. The van der Waals surface area contributed by atoms with Crippen molar-refractivity contribution in [2.24, 2.45) is 0 Å². The molecule has 5 rings (SSSR count). The number of benzene rings is 2. The zero-order chi connectivity index (χ0) is 24.5. The Balaban J connectivity index is 1.31. The van der Waals surface area contributed by atoms with Crippen molar-refractivity contribution >= 4 is 10.9 Å². The Morgan fingerprint density at radius 3 is 2.40 bits per heavy atom. The minimum absolute atomic E-state index is 0.655. The zero-order valence-corrected chi connectivity index (χ0v) is 22.1. The highest BCUT2D eigenvalue weighted by Gasteiger charge is 2.31. The van der Waals surface area contributed by atoms with Gasteiger partial charge < -0.3 is 24.3 Å². The fourth-order valence-corrected chi connectivity index (χ4v) is 6.42. The lowest BCUT2D eigenvalue weighted by Gasteiger charge is -2.42. The molecule has 2 fully saturated rings. The van der Waals surface area contributed by atoms with Crippen molar-refractivity contribution in [3.63, 3.8) is 0 Å². The van der Waals surface area contributed by atoms with Crippen LogP contribution in [0.15, 0.2) is 36.4 Å². The lowest BCUT2D eigenvalue weighted by Crippen LogP contribution is -2.46. The van der Waals surface area contributed by atoms with Crippen molar-refractivity contribution < 1.29 is 9.47 Å². The summed E-state index contributed by atoms with van der Waals surface area (Å²) in [6, 6.07) is 14.7. The summed E-state index contributed by atoms with van der Waals surface area (Å²) in [5.41, 5.74) is 6.26. The second-order valence-electron chi connectivity index (χ2n) is 10.7. The van der Waals surface area contributed by atoms with E-state index in [-0.39, 0.29) is 0 Å². The number of aromatic nitrogens is 1. The van der Waals surface area contributed by atoms with Gasteiger partial charge >= 0.3 is 0 Å². The van der Waals surface area contributed by atoms with Gasteiger partial charge in [0.1, 0.15) is 0 Å². The van der Waals surface area contributed by atoms with Crippen LogP contribution in [-0.4, -0.2) is 68.3 Å². The van der Waals surface area contributed by atoms with E-state index in [0.29, 0.717) is 5.92 Å². The first-order valence-electron chi connectivity index (χ1n) is 13.2. The molecular formula is C30H41N3O2. The number of methoxy groups -OCH3 is 2. The van der Waals surface area contributed by atoms with Crippen molar-refractivity contribution in [3.8, 4) is 22.8 Å². The summed E-state index contributed by atoms with van der Waals surface area (Å²) in [5, 5.41) is 1.33. The van der Waals surface area contributed by atoms with Crippen molar-refractivity contribution in [2.45, 2.75) is 63.5 Å². The van der Waals surface area contributed by atoms with E-state index in [2.05, 4.69) is 66.1 Å². The van der Waals surface area contributed by atoms with Crippen LogP contribution in [0.5, 0.6) is 11.5 Å². The number of fused-ring (bicyclic) bond motifs is 1. The largest absolute Gasteiger partial charge is 0.493 e. The van der Waals surface area contributed by atoms with Crippen molar-refractivity contribution in [3.05, 3.63) is 47.5 Å². The molecule has 1 aromatic heterocycles. The summed E-state index contributed by atoms with van der Waals surface area (Å²) in [6.45, 7) is 4.69. The van der Waals surface area contributed by atoms with Crippen LogP contribution in [0.4, 0.5) is 0 Å². The molecule has 3 aromatic rings. The van der Waals surface area contributed by atoms with Gasteiger partial charge in [-0.2, -0.15) is 0 Å².